The van der Waals surface area contributed by atoms with E-state index in [0.717, 1.165) is 19.3 Å². The Bertz CT molecular complexity index is 1250. The molecule has 0 spiro atoms. The maximum atomic E-state index is 13.0. The lowest BCUT2D eigenvalue weighted by molar-refractivity contribution is -0.125. The second kappa shape index (κ2) is 11.3. The molecule has 4 rings (SSSR count). The van der Waals surface area contributed by atoms with Crippen LogP contribution in [-0.4, -0.2) is 52.6 Å². The van der Waals surface area contributed by atoms with Gasteiger partial charge in [0.1, 0.15) is 23.3 Å². The van der Waals surface area contributed by atoms with E-state index >= 15 is 0 Å². The number of carbonyl (C=O) groups is 2. The number of anilines is 2. The Balaban J connectivity index is 1.43. The van der Waals surface area contributed by atoms with E-state index in [4.69, 9.17) is 4.74 Å². The number of ether oxygens (including phenoxy) is 1. The molecule has 0 aliphatic carbocycles. The van der Waals surface area contributed by atoms with E-state index in [9.17, 15) is 14.4 Å². The molecule has 1 aliphatic heterocycles. The average Bonchev–Trinajstić information content (AvgIpc) is 3.31. The summed E-state index contributed by atoms with van der Waals surface area (Å²) in [5, 5.41) is 6.48. The predicted octanol–water partition coefficient (Wildman–Crippen LogP) is 2.63. The molecule has 2 amide bonds. The third-order valence-electron chi connectivity index (χ3n) is 5.83. The summed E-state index contributed by atoms with van der Waals surface area (Å²) in [6.07, 6.45) is 3.76. The number of amides is 2. The number of fused-ring (bicyclic) bond motifs is 1. The molecule has 0 saturated carbocycles. The van der Waals surface area contributed by atoms with E-state index in [2.05, 4.69) is 25.5 Å². The summed E-state index contributed by atoms with van der Waals surface area (Å²) in [6, 6.07) is 7.16. The molecule has 0 radical (unpaired) electrons. The highest BCUT2D eigenvalue weighted by Crippen LogP contribution is 2.29. The molecule has 0 unspecified atom stereocenters. The van der Waals surface area contributed by atoms with Crippen LogP contribution in [0.3, 0.4) is 0 Å². The lowest BCUT2D eigenvalue weighted by Crippen LogP contribution is -2.40. The number of rotatable bonds is 9. The first kappa shape index (κ1) is 24.6. The van der Waals surface area contributed by atoms with Gasteiger partial charge in [-0.2, -0.15) is 4.98 Å². The molecule has 11 heteroatoms. The van der Waals surface area contributed by atoms with E-state index in [1.54, 1.807) is 18.2 Å². The lowest BCUT2D eigenvalue weighted by atomic mass is 9.96. The van der Waals surface area contributed by atoms with Gasteiger partial charge >= 0.3 is 0 Å². The van der Waals surface area contributed by atoms with Crippen molar-refractivity contribution in [2.75, 3.05) is 36.5 Å². The summed E-state index contributed by atoms with van der Waals surface area (Å²) >= 11 is 1.27. The Labute approximate surface area is 207 Å². The van der Waals surface area contributed by atoms with Gasteiger partial charge in [-0.1, -0.05) is 30.4 Å². The zero-order chi connectivity index (χ0) is 24.8. The van der Waals surface area contributed by atoms with Crippen molar-refractivity contribution in [3.63, 3.8) is 0 Å². The fraction of sp³-hybridized carbons (Fsp3) is 0.458. The summed E-state index contributed by atoms with van der Waals surface area (Å²) in [5.41, 5.74) is 0.616. The molecular weight excluding hydrogens is 468 g/mol. The van der Waals surface area contributed by atoms with Crippen LogP contribution >= 0.6 is 11.3 Å². The minimum absolute atomic E-state index is 0.00824. The van der Waals surface area contributed by atoms with Gasteiger partial charge in [-0.05, 0) is 38.3 Å². The molecule has 1 fully saturated rings. The highest BCUT2D eigenvalue weighted by atomic mass is 32.1. The van der Waals surface area contributed by atoms with Crippen LogP contribution < -0.4 is 25.8 Å². The molecule has 0 bridgehead atoms. The molecule has 1 aliphatic rings. The first-order valence-corrected chi connectivity index (χ1v) is 12.7. The summed E-state index contributed by atoms with van der Waals surface area (Å²) in [4.78, 5) is 48.8. The van der Waals surface area contributed by atoms with E-state index in [-0.39, 0.29) is 29.8 Å². The van der Waals surface area contributed by atoms with Gasteiger partial charge in [0.2, 0.25) is 11.8 Å². The van der Waals surface area contributed by atoms with Gasteiger partial charge in [0.05, 0.1) is 12.3 Å². The van der Waals surface area contributed by atoms with Crippen molar-refractivity contribution in [1.82, 2.24) is 19.9 Å². The highest BCUT2D eigenvalue weighted by Gasteiger charge is 2.27. The molecule has 1 aromatic carbocycles. The lowest BCUT2D eigenvalue weighted by Gasteiger charge is -2.30. The quantitative estimate of drug-likeness (QED) is 0.466. The number of aromatic nitrogens is 3. The number of nitrogens with zero attached hydrogens (tertiary/aromatic N) is 4. The standard InChI is InChI=1S/C24H30N6O4S/c1-3-11-25-22(32)16-9-12-29(13-10-16)24-28-21-20(35-24)23(33)30(15-26-21)14-19(31)27-17-7-5-6-8-18(17)34-4-2/h5-8,15-16H,3-4,9-14H2,1-2H3,(H,25,32)(H,27,31). The van der Waals surface area contributed by atoms with Crippen molar-refractivity contribution in [3.8, 4) is 5.75 Å². The van der Waals surface area contributed by atoms with Crippen molar-refractivity contribution in [3.05, 3.63) is 40.9 Å². The van der Waals surface area contributed by atoms with Crippen molar-refractivity contribution >= 4 is 44.3 Å². The van der Waals surface area contributed by atoms with Crippen LogP contribution in [0.5, 0.6) is 5.75 Å². The minimum atomic E-state index is -0.353. The van der Waals surface area contributed by atoms with Gasteiger partial charge in [-0.15, -0.1) is 0 Å². The van der Waals surface area contributed by atoms with Crippen LogP contribution in [0.2, 0.25) is 0 Å². The van der Waals surface area contributed by atoms with Crippen molar-refractivity contribution < 1.29 is 14.3 Å². The average molecular weight is 499 g/mol. The summed E-state index contributed by atoms with van der Waals surface area (Å²) < 4.78 is 7.23. The Kier molecular flexibility index (Phi) is 7.96. The number of carbonyl (C=O) groups excluding carboxylic acids is 2. The molecule has 0 atom stereocenters. The Morgan fingerprint density at radius 3 is 2.71 bits per heavy atom. The molecule has 186 valence electrons. The van der Waals surface area contributed by atoms with Gasteiger partial charge in [0, 0.05) is 25.6 Å². The number of para-hydroxylation sites is 2. The van der Waals surface area contributed by atoms with Gasteiger partial charge < -0.3 is 20.3 Å². The van der Waals surface area contributed by atoms with E-state index in [1.807, 2.05) is 19.9 Å². The monoisotopic (exact) mass is 498 g/mol. The number of nitrogens with one attached hydrogen (secondary N) is 2. The van der Waals surface area contributed by atoms with Gasteiger partial charge in [-0.3, -0.25) is 19.0 Å². The number of thiazole rings is 1. The van der Waals surface area contributed by atoms with Crippen molar-refractivity contribution in [2.24, 2.45) is 5.92 Å². The third kappa shape index (κ3) is 5.79. The third-order valence-corrected chi connectivity index (χ3v) is 6.93. The molecule has 10 nitrogen and oxygen atoms in total. The summed E-state index contributed by atoms with van der Waals surface area (Å²) in [5.74, 6) is 0.341. The molecule has 2 aromatic heterocycles. The summed E-state index contributed by atoms with van der Waals surface area (Å²) in [6.45, 7) is 6.30. The highest BCUT2D eigenvalue weighted by molar-refractivity contribution is 7.22. The fourth-order valence-corrected chi connectivity index (χ4v) is 5.02. The van der Waals surface area contributed by atoms with Gasteiger partial charge in [0.25, 0.3) is 5.56 Å². The Hall–Kier alpha value is -3.47. The maximum absolute atomic E-state index is 13.0. The molecule has 1 saturated heterocycles. The SMILES string of the molecule is CCCNC(=O)C1CCN(c2nc3ncn(CC(=O)Nc4ccccc4OCC)c(=O)c3s2)CC1. The van der Waals surface area contributed by atoms with E-state index < -0.39 is 0 Å². The second-order valence-electron chi connectivity index (χ2n) is 8.36. The second-order valence-corrected chi connectivity index (χ2v) is 9.33. The fourth-order valence-electron chi connectivity index (χ4n) is 4.00. The largest absolute Gasteiger partial charge is 0.492 e. The zero-order valence-corrected chi connectivity index (χ0v) is 20.8. The van der Waals surface area contributed by atoms with Crippen LogP contribution in [-0.2, 0) is 16.1 Å². The topological polar surface area (TPSA) is 118 Å². The first-order valence-electron chi connectivity index (χ1n) is 11.9. The number of benzene rings is 1. The van der Waals surface area contributed by atoms with Crippen LogP contribution in [0.1, 0.15) is 33.1 Å². The van der Waals surface area contributed by atoms with E-state index in [1.165, 1.54) is 22.2 Å². The van der Waals surface area contributed by atoms with Crippen LogP contribution in [0.15, 0.2) is 35.4 Å². The number of hydrogen-bond donors (Lipinski definition) is 2. The number of hydrogen-bond acceptors (Lipinski definition) is 8. The molecule has 3 heterocycles. The van der Waals surface area contributed by atoms with Crippen LogP contribution in [0, 0.1) is 5.92 Å². The maximum Gasteiger partial charge on any atom is 0.273 e. The van der Waals surface area contributed by atoms with Gasteiger partial charge in [0.15, 0.2) is 10.8 Å². The molecule has 35 heavy (non-hydrogen) atoms. The van der Waals surface area contributed by atoms with E-state index in [0.29, 0.717) is 53.2 Å². The normalized spacial score (nSPS) is 14.2. The Morgan fingerprint density at radius 1 is 1.20 bits per heavy atom. The predicted molar refractivity (Wildman–Crippen MR) is 136 cm³/mol. The molecular formula is C24H30N6O4S. The molecule has 2 N–H and O–H groups in total. The van der Waals surface area contributed by atoms with Gasteiger partial charge in [-0.25, -0.2) is 4.98 Å². The van der Waals surface area contributed by atoms with Crippen molar-refractivity contribution in [1.29, 1.82) is 0 Å². The van der Waals surface area contributed by atoms with Crippen LogP contribution in [0.4, 0.5) is 10.8 Å². The summed E-state index contributed by atoms with van der Waals surface area (Å²) in [7, 11) is 0. The van der Waals surface area contributed by atoms with Crippen molar-refractivity contribution in [2.45, 2.75) is 39.7 Å². The smallest absolute Gasteiger partial charge is 0.273 e. The molecule has 3 aromatic rings. The Morgan fingerprint density at radius 2 is 1.97 bits per heavy atom. The number of piperidine rings is 1. The first-order chi connectivity index (χ1) is 17.0. The minimum Gasteiger partial charge on any atom is -0.492 e. The zero-order valence-electron chi connectivity index (χ0n) is 20.0. The van der Waals surface area contributed by atoms with Crippen LogP contribution in [0.25, 0.3) is 10.3 Å².